The van der Waals surface area contributed by atoms with Gasteiger partial charge in [0.05, 0.1) is 25.7 Å². The lowest BCUT2D eigenvalue weighted by molar-refractivity contribution is -0.138. The van der Waals surface area contributed by atoms with Crippen molar-refractivity contribution < 1.29 is 37.0 Å². The molecule has 14 heteroatoms. The molecule has 36 heavy (non-hydrogen) atoms. The third-order valence-electron chi connectivity index (χ3n) is 5.92. The molecule has 0 saturated carbocycles. The third-order valence-corrected chi connectivity index (χ3v) is 9.14. The summed E-state index contributed by atoms with van der Waals surface area (Å²) in [7, 11) is -4.13. The summed E-state index contributed by atoms with van der Waals surface area (Å²) in [5.41, 5.74) is 0.323. The van der Waals surface area contributed by atoms with Gasteiger partial charge >= 0.3 is 12.0 Å². The van der Waals surface area contributed by atoms with Crippen LogP contribution in [0.4, 0.5) is 9.18 Å². The molecule has 3 heterocycles. The van der Waals surface area contributed by atoms with Crippen LogP contribution in [0.15, 0.2) is 46.0 Å². The van der Waals surface area contributed by atoms with Crippen molar-refractivity contribution in [3.63, 3.8) is 0 Å². The molecule has 11 nitrogen and oxygen atoms in total. The Morgan fingerprint density at radius 1 is 1.11 bits per heavy atom. The summed E-state index contributed by atoms with van der Waals surface area (Å²) >= 11 is 0.984. The number of hydrogen-bond acceptors (Lipinski definition) is 7. The molecule has 4 rings (SSSR count). The van der Waals surface area contributed by atoms with Crippen molar-refractivity contribution in [2.75, 3.05) is 39.4 Å². The van der Waals surface area contributed by atoms with E-state index >= 15 is 0 Å². The average Bonchev–Trinajstić information content (AvgIpc) is 3.55. The number of halogens is 1. The molecule has 2 saturated heterocycles. The number of urea groups is 1. The fourth-order valence-corrected chi connectivity index (χ4v) is 6.83. The Kier molecular flexibility index (Phi) is 7.88. The zero-order chi connectivity index (χ0) is 25.9. The minimum atomic E-state index is -4.13. The summed E-state index contributed by atoms with van der Waals surface area (Å²) in [5.74, 6) is -2.62. The van der Waals surface area contributed by atoms with Gasteiger partial charge in [-0.25, -0.2) is 17.6 Å². The molecule has 2 atom stereocenters. The second-order valence-corrected chi connectivity index (χ2v) is 11.3. The van der Waals surface area contributed by atoms with Gasteiger partial charge in [0, 0.05) is 26.2 Å². The van der Waals surface area contributed by atoms with Gasteiger partial charge in [0.2, 0.25) is 0 Å². The average molecular weight is 541 g/mol. The fraction of sp³-hybridized carbons (Fsp3) is 0.409. The van der Waals surface area contributed by atoms with Gasteiger partial charge in [0.15, 0.2) is 6.17 Å². The van der Waals surface area contributed by atoms with E-state index in [1.165, 1.54) is 28.0 Å². The highest BCUT2D eigenvalue weighted by molar-refractivity contribution is 7.91. The number of rotatable bonds is 7. The molecule has 2 fully saturated rings. The van der Waals surface area contributed by atoms with Gasteiger partial charge in [-0.3, -0.25) is 14.5 Å². The number of sulfonamides is 1. The van der Waals surface area contributed by atoms with Crippen LogP contribution in [0.25, 0.3) is 0 Å². The van der Waals surface area contributed by atoms with Crippen molar-refractivity contribution >= 4 is 39.3 Å². The monoisotopic (exact) mass is 540 g/mol. The van der Waals surface area contributed by atoms with Crippen molar-refractivity contribution in [2.45, 2.75) is 22.8 Å². The molecule has 0 bridgehead atoms. The second-order valence-electron chi connectivity index (χ2n) is 8.21. The summed E-state index contributed by atoms with van der Waals surface area (Å²) in [6, 6.07) is 6.33. The van der Waals surface area contributed by atoms with Gasteiger partial charge in [-0.1, -0.05) is 18.2 Å². The summed E-state index contributed by atoms with van der Waals surface area (Å²) < 4.78 is 46.4. The van der Waals surface area contributed by atoms with Crippen LogP contribution in [0.1, 0.15) is 18.0 Å². The number of benzene rings is 1. The van der Waals surface area contributed by atoms with E-state index in [2.05, 4.69) is 5.32 Å². The maximum Gasteiger partial charge on any atom is 0.321 e. The molecule has 2 aromatic rings. The summed E-state index contributed by atoms with van der Waals surface area (Å²) in [5, 5.41) is 13.5. The van der Waals surface area contributed by atoms with E-state index < -0.39 is 52.4 Å². The highest BCUT2D eigenvalue weighted by atomic mass is 32.2. The topological polar surface area (TPSA) is 137 Å². The van der Waals surface area contributed by atoms with Gasteiger partial charge < -0.3 is 20.1 Å². The number of thiophene rings is 1. The predicted octanol–water partition coefficient (Wildman–Crippen LogP) is 1.30. The van der Waals surface area contributed by atoms with E-state index in [1.54, 1.807) is 11.4 Å². The lowest BCUT2D eigenvalue weighted by Crippen LogP contribution is -2.57. The normalized spacial score (nSPS) is 19.8. The van der Waals surface area contributed by atoms with Crippen LogP contribution in [0, 0.1) is 5.82 Å². The Labute approximate surface area is 211 Å². The smallest absolute Gasteiger partial charge is 0.321 e. The lowest BCUT2D eigenvalue weighted by atomic mass is 10.0. The van der Waals surface area contributed by atoms with Crippen LogP contribution in [-0.2, 0) is 24.3 Å². The van der Waals surface area contributed by atoms with Crippen molar-refractivity contribution in [1.82, 2.24) is 19.4 Å². The standard InChI is InChI=1S/C22H25FN4O7S2/c23-16-5-3-15(4-6-16)17(14-18(28)29)24-20(30)21-26(22(31)25-9-11-34-12-10-25)7-8-27(21)36(32,33)19-2-1-13-35-19/h1-6,13,17,21H,7-12,14H2,(H,24,30)(H,28,29). The van der Waals surface area contributed by atoms with E-state index in [1.807, 2.05) is 0 Å². The highest BCUT2D eigenvalue weighted by Gasteiger charge is 2.48. The quantitative estimate of drug-likeness (QED) is 0.540. The van der Waals surface area contributed by atoms with Crippen LogP contribution in [0.5, 0.6) is 0 Å². The van der Waals surface area contributed by atoms with Crippen molar-refractivity contribution in [2.24, 2.45) is 0 Å². The van der Waals surface area contributed by atoms with E-state index in [-0.39, 0.29) is 17.3 Å². The first-order chi connectivity index (χ1) is 17.2. The summed E-state index contributed by atoms with van der Waals surface area (Å²) in [6.45, 7) is 1.07. The van der Waals surface area contributed by atoms with Crippen LogP contribution in [0.2, 0.25) is 0 Å². The Hall–Kier alpha value is -3.07. The van der Waals surface area contributed by atoms with Gasteiger partial charge in [0.25, 0.3) is 15.9 Å². The number of aliphatic carboxylic acids is 1. The van der Waals surface area contributed by atoms with E-state index in [9.17, 15) is 32.3 Å². The Balaban J connectivity index is 1.66. The molecule has 1 aromatic heterocycles. The molecular formula is C22H25FN4O7S2. The molecular weight excluding hydrogens is 515 g/mol. The predicted molar refractivity (Wildman–Crippen MR) is 126 cm³/mol. The van der Waals surface area contributed by atoms with Crippen LogP contribution < -0.4 is 5.32 Å². The molecule has 2 aliphatic heterocycles. The van der Waals surface area contributed by atoms with Gasteiger partial charge in [-0.2, -0.15) is 4.31 Å². The Morgan fingerprint density at radius 2 is 1.81 bits per heavy atom. The lowest BCUT2D eigenvalue weighted by Gasteiger charge is -2.35. The first-order valence-electron chi connectivity index (χ1n) is 11.1. The Morgan fingerprint density at radius 3 is 2.42 bits per heavy atom. The second kappa shape index (κ2) is 10.9. The van der Waals surface area contributed by atoms with Crippen LogP contribution >= 0.6 is 11.3 Å². The molecule has 2 N–H and O–H groups in total. The number of nitrogens with zero attached hydrogens (tertiary/aromatic N) is 3. The third kappa shape index (κ3) is 5.51. The molecule has 0 radical (unpaired) electrons. The minimum Gasteiger partial charge on any atom is -0.481 e. The number of amides is 3. The largest absolute Gasteiger partial charge is 0.481 e. The maximum atomic E-state index is 13.6. The molecule has 2 unspecified atom stereocenters. The SMILES string of the molecule is O=C(O)CC(NC(=O)C1N(C(=O)N2CCOCC2)CCN1S(=O)(=O)c1cccs1)c1ccc(F)cc1. The zero-order valence-corrected chi connectivity index (χ0v) is 20.7. The number of ether oxygens (including phenoxy) is 1. The number of carboxylic acids is 1. The molecule has 2 aliphatic rings. The number of hydrogen-bond donors (Lipinski definition) is 2. The van der Waals surface area contributed by atoms with E-state index in [0.29, 0.717) is 31.9 Å². The van der Waals surface area contributed by atoms with Gasteiger partial charge in [-0.05, 0) is 29.1 Å². The number of morpholine rings is 1. The highest BCUT2D eigenvalue weighted by Crippen LogP contribution is 2.29. The number of carboxylic acid groups (broad SMARTS) is 1. The van der Waals surface area contributed by atoms with Crippen molar-refractivity contribution in [3.8, 4) is 0 Å². The van der Waals surface area contributed by atoms with Gasteiger partial charge in [0.1, 0.15) is 10.0 Å². The first-order valence-corrected chi connectivity index (χ1v) is 13.5. The van der Waals surface area contributed by atoms with Crippen molar-refractivity contribution in [1.29, 1.82) is 0 Å². The molecule has 194 valence electrons. The Bertz CT molecular complexity index is 1200. The molecule has 0 aliphatic carbocycles. The minimum absolute atomic E-state index is 0.0154. The number of carbonyl (C=O) groups excluding carboxylic acids is 2. The van der Waals surface area contributed by atoms with E-state index in [0.717, 1.165) is 27.8 Å². The number of nitrogens with one attached hydrogen (secondary N) is 1. The maximum absolute atomic E-state index is 13.6. The van der Waals surface area contributed by atoms with Crippen LogP contribution in [-0.4, -0.2) is 91.1 Å². The molecule has 1 aromatic carbocycles. The molecule has 0 spiro atoms. The number of carbonyl (C=O) groups is 3. The zero-order valence-electron chi connectivity index (χ0n) is 19.1. The summed E-state index contributed by atoms with van der Waals surface area (Å²) in [6.07, 6.45) is -2.07. The van der Waals surface area contributed by atoms with Gasteiger partial charge in [-0.15, -0.1) is 11.3 Å². The fourth-order valence-electron chi connectivity index (χ4n) is 4.16. The van der Waals surface area contributed by atoms with Crippen molar-refractivity contribution in [3.05, 3.63) is 53.2 Å². The summed E-state index contributed by atoms with van der Waals surface area (Å²) in [4.78, 5) is 41.0. The van der Waals surface area contributed by atoms with Crippen LogP contribution in [0.3, 0.4) is 0 Å². The van der Waals surface area contributed by atoms with E-state index in [4.69, 9.17) is 4.74 Å². The first kappa shape index (κ1) is 26.0. The molecule has 3 amide bonds.